The lowest BCUT2D eigenvalue weighted by molar-refractivity contribution is -0.137. The third kappa shape index (κ3) is 4.98. The van der Waals surface area contributed by atoms with Crippen molar-refractivity contribution in [2.75, 3.05) is 33.3 Å². The average molecular weight is 398 g/mol. The van der Waals surface area contributed by atoms with Crippen molar-refractivity contribution in [3.05, 3.63) is 23.8 Å². The van der Waals surface area contributed by atoms with Gasteiger partial charge in [0.05, 0.1) is 7.11 Å². The van der Waals surface area contributed by atoms with Gasteiger partial charge in [0.1, 0.15) is 17.2 Å². The number of carbonyl (C=O) groups excluding carboxylic acids is 1. The summed E-state index contributed by atoms with van der Waals surface area (Å²) < 4.78 is 32.5. The Hall–Kier alpha value is -2.13. The summed E-state index contributed by atoms with van der Waals surface area (Å²) in [5.41, 5.74) is 0.121. The normalized spacial score (nSPS) is 15.1. The van der Waals surface area contributed by atoms with Gasteiger partial charge in [-0.3, -0.25) is 9.59 Å². The predicted octanol–water partition coefficient (Wildman–Crippen LogP) is 1.66. The molecule has 1 aliphatic heterocycles. The lowest BCUT2D eigenvalue weighted by Gasteiger charge is -2.24. The van der Waals surface area contributed by atoms with Gasteiger partial charge < -0.3 is 14.7 Å². The number of hydrogen-bond acceptors (Lipinski definition) is 5. The zero-order chi connectivity index (χ0) is 20.2. The van der Waals surface area contributed by atoms with Gasteiger partial charge in [-0.05, 0) is 37.0 Å². The number of nitrogens with zero attached hydrogens (tertiary/aromatic N) is 2. The molecule has 150 valence electrons. The van der Waals surface area contributed by atoms with Crippen molar-refractivity contribution in [3.63, 3.8) is 0 Å². The molecule has 1 aromatic carbocycles. The van der Waals surface area contributed by atoms with Gasteiger partial charge in [0.2, 0.25) is 10.0 Å². The fraction of sp³-hybridized carbons (Fsp3) is 0.556. The summed E-state index contributed by atoms with van der Waals surface area (Å²) in [5, 5.41) is 9.09. The third-order valence-corrected chi connectivity index (χ3v) is 6.21. The number of ether oxygens (including phenoxy) is 1. The summed E-state index contributed by atoms with van der Waals surface area (Å²) in [5.74, 6) is -1.42. The zero-order valence-electron chi connectivity index (χ0n) is 15.8. The van der Waals surface area contributed by atoms with E-state index in [2.05, 4.69) is 0 Å². The smallest absolute Gasteiger partial charge is 0.323 e. The van der Waals surface area contributed by atoms with E-state index in [0.29, 0.717) is 13.1 Å². The van der Waals surface area contributed by atoms with Gasteiger partial charge in [0, 0.05) is 25.2 Å². The van der Waals surface area contributed by atoms with Crippen LogP contribution in [-0.2, 0) is 14.8 Å². The van der Waals surface area contributed by atoms with Crippen LogP contribution in [0, 0.1) is 5.92 Å². The number of carboxylic acids is 1. The molecule has 0 aromatic heterocycles. The lowest BCUT2D eigenvalue weighted by atomic mass is 10.1. The maximum absolute atomic E-state index is 12.9. The van der Waals surface area contributed by atoms with E-state index in [1.54, 1.807) is 0 Å². The number of carbonyl (C=O) groups is 2. The Morgan fingerprint density at radius 3 is 2.41 bits per heavy atom. The van der Waals surface area contributed by atoms with Gasteiger partial charge in [-0.15, -0.1) is 0 Å². The van der Waals surface area contributed by atoms with Crippen LogP contribution in [0.1, 0.15) is 37.0 Å². The second-order valence-electron chi connectivity index (χ2n) is 6.95. The number of rotatable bonds is 8. The second kappa shape index (κ2) is 8.71. The molecular formula is C18H26N2O6S. The summed E-state index contributed by atoms with van der Waals surface area (Å²) in [6.07, 6.45) is 1.59. The number of benzene rings is 1. The van der Waals surface area contributed by atoms with Crippen LogP contribution in [0.2, 0.25) is 0 Å². The highest BCUT2D eigenvalue weighted by Gasteiger charge is 2.31. The lowest BCUT2D eigenvalue weighted by Crippen LogP contribution is -2.38. The first-order chi connectivity index (χ1) is 12.7. The van der Waals surface area contributed by atoms with Crippen molar-refractivity contribution >= 4 is 21.9 Å². The van der Waals surface area contributed by atoms with Crippen molar-refractivity contribution in [1.29, 1.82) is 0 Å². The molecule has 1 saturated heterocycles. The molecule has 0 spiro atoms. The average Bonchev–Trinajstić information content (AvgIpc) is 3.14. The minimum atomic E-state index is -3.79. The van der Waals surface area contributed by atoms with Crippen molar-refractivity contribution in [2.45, 2.75) is 31.6 Å². The SMILES string of the molecule is COc1ccc(C(=O)N(CC(=O)O)CC(C)C)cc1S(=O)(=O)N1CCCC1. The van der Waals surface area contributed by atoms with Crippen molar-refractivity contribution in [1.82, 2.24) is 9.21 Å². The van der Waals surface area contributed by atoms with Gasteiger partial charge >= 0.3 is 5.97 Å². The summed E-state index contributed by atoms with van der Waals surface area (Å²) in [6.45, 7) is 4.42. The van der Waals surface area contributed by atoms with Crippen LogP contribution < -0.4 is 4.74 Å². The zero-order valence-corrected chi connectivity index (χ0v) is 16.7. The first-order valence-corrected chi connectivity index (χ1v) is 10.3. The molecule has 1 heterocycles. The highest BCUT2D eigenvalue weighted by molar-refractivity contribution is 7.89. The quantitative estimate of drug-likeness (QED) is 0.714. The van der Waals surface area contributed by atoms with E-state index < -0.39 is 28.4 Å². The molecule has 1 aromatic rings. The standard InChI is InChI=1S/C18H26N2O6S/c1-13(2)11-19(12-17(21)22)18(23)14-6-7-15(26-3)16(10-14)27(24,25)20-8-4-5-9-20/h6-7,10,13H,4-5,8-9,11-12H2,1-3H3,(H,21,22). The Morgan fingerprint density at radius 1 is 1.26 bits per heavy atom. The number of sulfonamides is 1. The molecule has 1 fully saturated rings. The van der Waals surface area contributed by atoms with Crippen LogP contribution in [0.25, 0.3) is 0 Å². The predicted molar refractivity (Wildman–Crippen MR) is 99.4 cm³/mol. The van der Waals surface area contributed by atoms with E-state index in [1.807, 2.05) is 13.8 Å². The molecule has 9 heteroatoms. The molecular weight excluding hydrogens is 372 g/mol. The van der Waals surface area contributed by atoms with Crippen LogP contribution in [0.4, 0.5) is 0 Å². The number of hydrogen-bond donors (Lipinski definition) is 1. The highest BCUT2D eigenvalue weighted by atomic mass is 32.2. The van der Waals surface area contributed by atoms with Crippen molar-refractivity contribution in [3.8, 4) is 5.75 Å². The number of amides is 1. The van der Waals surface area contributed by atoms with Crippen molar-refractivity contribution in [2.24, 2.45) is 5.92 Å². The Kier molecular flexibility index (Phi) is 6.83. The van der Waals surface area contributed by atoms with Crippen molar-refractivity contribution < 1.29 is 27.9 Å². The monoisotopic (exact) mass is 398 g/mol. The van der Waals surface area contributed by atoms with E-state index in [4.69, 9.17) is 9.84 Å². The molecule has 27 heavy (non-hydrogen) atoms. The largest absolute Gasteiger partial charge is 0.495 e. The Morgan fingerprint density at radius 2 is 1.89 bits per heavy atom. The van der Waals surface area contributed by atoms with Gasteiger partial charge in [0.25, 0.3) is 5.91 Å². The van der Waals surface area contributed by atoms with E-state index >= 15 is 0 Å². The Balaban J connectivity index is 2.42. The number of aliphatic carboxylic acids is 1. The number of methoxy groups -OCH3 is 1. The van der Waals surface area contributed by atoms with Crippen LogP contribution in [-0.4, -0.2) is 67.9 Å². The van der Waals surface area contributed by atoms with Gasteiger partial charge in [-0.25, -0.2) is 8.42 Å². The Labute approximate surface area is 159 Å². The van der Waals surface area contributed by atoms with E-state index in [1.165, 1.54) is 34.5 Å². The highest BCUT2D eigenvalue weighted by Crippen LogP contribution is 2.30. The number of carboxylic acid groups (broad SMARTS) is 1. The molecule has 0 bridgehead atoms. The summed E-state index contributed by atoms with van der Waals surface area (Å²) >= 11 is 0. The van der Waals surface area contributed by atoms with Gasteiger partial charge in [0.15, 0.2) is 0 Å². The third-order valence-electron chi connectivity index (χ3n) is 4.29. The summed E-state index contributed by atoms with van der Waals surface area (Å²) in [7, 11) is -2.42. The van der Waals surface area contributed by atoms with Crippen LogP contribution in [0.15, 0.2) is 23.1 Å². The first-order valence-electron chi connectivity index (χ1n) is 8.86. The molecule has 1 aliphatic rings. The second-order valence-corrected chi connectivity index (χ2v) is 8.86. The molecule has 1 N–H and O–H groups in total. The molecule has 8 nitrogen and oxygen atoms in total. The summed E-state index contributed by atoms with van der Waals surface area (Å²) in [6, 6.07) is 4.17. The molecule has 0 saturated carbocycles. The molecule has 1 amide bonds. The minimum Gasteiger partial charge on any atom is -0.495 e. The fourth-order valence-electron chi connectivity index (χ4n) is 3.08. The minimum absolute atomic E-state index is 0.0688. The topological polar surface area (TPSA) is 104 Å². The van der Waals surface area contributed by atoms with Gasteiger partial charge in [-0.1, -0.05) is 13.8 Å². The molecule has 2 rings (SSSR count). The van der Waals surface area contributed by atoms with Crippen LogP contribution in [0.3, 0.4) is 0 Å². The van der Waals surface area contributed by atoms with Gasteiger partial charge in [-0.2, -0.15) is 4.31 Å². The first kappa shape index (κ1) is 21.2. The van der Waals surface area contributed by atoms with E-state index in [-0.39, 0.29) is 28.7 Å². The summed E-state index contributed by atoms with van der Waals surface area (Å²) in [4.78, 5) is 25.1. The Bertz CT molecular complexity index is 800. The molecule has 0 atom stereocenters. The maximum atomic E-state index is 12.9. The fourth-order valence-corrected chi connectivity index (χ4v) is 4.78. The maximum Gasteiger partial charge on any atom is 0.323 e. The van der Waals surface area contributed by atoms with Crippen LogP contribution in [0.5, 0.6) is 5.75 Å². The molecule has 0 aliphatic carbocycles. The van der Waals surface area contributed by atoms with Crippen LogP contribution >= 0.6 is 0 Å². The molecule has 0 radical (unpaired) electrons. The molecule has 0 unspecified atom stereocenters. The van der Waals surface area contributed by atoms with E-state index in [0.717, 1.165) is 12.8 Å². The van der Waals surface area contributed by atoms with E-state index in [9.17, 15) is 18.0 Å².